The molecule has 0 aromatic heterocycles. The Labute approximate surface area is 175 Å². The summed E-state index contributed by atoms with van der Waals surface area (Å²) in [6, 6.07) is 25.0. The van der Waals surface area contributed by atoms with Crippen LogP contribution in [-0.4, -0.2) is 26.1 Å². The summed E-state index contributed by atoms with van der Waals surface area (Å²) in [4.78, 5) is 12.8. The first kappa shape index (κ1) is 20.0. The van der Waals surface area contributed by atoms with Gasteiger partial charge in [-0.05, 0) is 31.0 Å². The number of carbonyl (C=O) groups is 1. The van der Waals surface area contributed by atoms with E-state index in [0.29, 0.717) is 5.71 Å². The van der Waals surface area contributed by atoms with Crippen LogP contribution in [0.4, 0.5) is 0 Å². The fourth-order valence-corrected chi connectivity index (χ4v) is 4.30. The van der Waals surface area contributed by atoms with E-state index in [1.807, 2.05) is 60.7 Å². The number of nitrogens with one attached hydrogen (secondary N) is 2. The van der Waals surface area contributed by atoms with Gasteiger partial charge in [0.1, 0.15) is 0 Å². The van der Waals surface area contributed by atoms with Gasteiger partial charge in [-0.25, -0.2) is 18.6 Å². The Morgan fingerprint density at radius 3 is 1.93 bits per heavy atom. The fourth-order valence-electron chi connectivity index (χ4n) is 2.95. The predicted octanol–water partition coefficient (Wildman–Crippen LogP) is 3.31. The largest absolute Gasteiger partial charge is 0.271 e. The molecule has 3 aromatic rings. The molecule has 7 heteroatoms. The number of hydrazone groups is 1. The van der Waals surface area contributed by atoms with Gasteiger partial charge in [-0.1, -0.05) is 66.7 Å². The average Bonchev–Trinajstić information content (AvgIpc) is 3.59. The highest BCUT2D eigenvalue weighted by Gasteiger charge is 2.28. The molecule has 30 heavy (non-hydrogen) atoms. The summed E-state index contributed by atoms with van der Waals surface area (Å²) in [6.07, 6.45) is 1.69. The van der Waals surface area contributed by atoms with Gasteiger partial charge in [0.15, 0.2) is 0 Å². The minimum Gasteiger partial charge on any atom is -0.267 e. The molecule has 1 aliphatic rings. The van der Waals surface area contributed by atoms with Crippen molar-refractivity contribution in [2.45, 2.75) is 23.8 Å². The summed E-state index contributed by atoms with van der Waals surface area (Å²) >= 11 is 0. The molecule has 0 atom stereocenters. The van der Waals surface area contributed by atoms with E-state index in [9.17, 15) is 13.2 Å². The van der Waals surface area contributed by atoms with Crippen LogP contribution in [0.5, 0.6) is 0 Å². The molecule has 0 saturated heterocycles. The maximum atomic E-state index is 12.7. The molecule has 1 saturated carbocycles. The van der Waals surface area contributed by atoms with Crippen LogP contribution in [0.2, 0.25) is 0 Å². The molecule has 4 rings (SSSR count). The predicted molar refractivity (Wildman–Crippen MR) is 116 cm³/mol. The second kappa shape index (κ2) is 8.61. The maximum absolute atomic E-state index is 12.7. The summed E-state index contributed by atoms with van der Waals surface area (Å²) in [5.74, 6) is -0.483. The third-order valence-electron chi connectivity index (χ3n) is 4.67. The van der Waals surface area contributed by atoms with Crippen molar-refractivity contribution in [1.82, 2.24) is 10.1 Å². The van der Waals surface area contributed by atoms with Gasteiger partial charge in [-0.15, -0.1) is 0 Å². The molecule has 0 heterocycles. The standard InChI is InChI=1S/C23H21N3O3S/c27-23(19-12-7-13-21(16-19)30(28,29)26-20-14-15-20)25-24-22(17-8-3-1-4-9-17)18-10-5-2-6-11-18/h1-13,16,20,26H,14-15H2,(H,25,27). The van der Waals surface area contributed by atoms with Gasteiger partial charge in [-0.2, -0.15) is 5.10 Å². The number of hydrogen-bond acceptors (Lipinski definition) is 4. The second-order valence-electron chi connectivity index (χ2n) is 7.06. The Morgan fingerprint density at radius 1 is 0.800 bits per heavy atom. The third kappa shape index (κ3) is 4.82. The summed E-state index contributed by atoms with van der Waals surface area (Å²) in [5, 5.41) is 4.34. The zero-order chi connectivity index (χ0) is 21.0. The van der Waals surface area contributed by atoms with Gasteiger partial charge < -0.3 is 0 Å². The van der Waals surface area contributed by atoms with Crippen molar-refractivity contribution in [2.75, 3.05) is 0 Å². The van der Waals surface area contributed by atoms with Crippen molar-refractivity contribution in [3.8, 4) is 0 Å². The Bertz CT molecular complexity index is 1130. The normalized spacial score (nSPS) is 13.5. The lowest BCUT2D eigenvalue weighted by atomic mass is 10.0. The minimum absolute atomic E-state index is 0.00335. The van der Waals surface area contributed by atoms with Gasteiger partial charge in [0.25, 0.3) is 5.91 Å². The molecule has 0 unspecified atom stereocenters. The highest BCUT2D eigenvalue weighted by atomic mass is 32.2. The zero-order valence-corrected chi connectivity index (χ0v) is 17.0. The van der Waals surface area contributed by atoms with Crippen molar-refractivity contribution < 1.29 is 13.2 Å². The summed E-state index contributed by atoms with van der Waals surface area (Å²) in [5.41, 5.74) is 5.11. The first-order chi connectivity index (χ1) is 14.5. The molecule has 1 aliphatic carbocycles. The number of sulfonamides is 1. The van der Waals surface area contributed by atoms with Crippen LogP contribution in [-0.2, 0) is 10.0 Å². The molecule has 152 valence electrons. The number of carbonyl (C=O) groups excluding carboxylic acids is 1. The molecule has 0 bridgehead atoms. The lowest BCUT2D eigenvalue weighted by Gasteiger charge is -2.09. The van der Waals surface area contributed by atoms with Gasteiger partial charge in [-0.3, -0.25) is 4.79 Å². The van der Waals surface area contributed by atoms with Crippen molar-refractivity contribution in [1.29, 1.82) is 0 Å². The molecular weight excluding hydrogens is 398 g/mol. The van der Waals surface area contributed by atoms with Crippen LogP contribution in [0, 0.1) is 0 Å². The minimum atomic E-state index is -3.64. The molecule has 3 aromatic carbocycles. The smallest absolute Gasteiger partial charge is 0.267 e. The summed E-state index contributed by atoms with van der Waals surface area (Å²) in [7, 11) is -3.64. The van der Waals surface area contributed by atoms with Gasteiger partial charge in [0, 0.05) is 22.7 Å². The molecule has 1 fully saturated rings. The topological polar surface area (TPSA) is 87.6 Å². The molecule has 6 nitrogen and oxygen atoms in total. The average molecular weight is 420 g/mol. The zero-order valence-electron chi connectivity index (χ0n) is 16.2. The SMILES string of the molecule is O=C(NN=C(c1ccccc1)c1ccccc1)c1cccc(S(=O)(=O)NC2CC2)c1. The van der Waals surface area contributed by atoms with E-state index in [2.05, 4.69) is 15.2 Å². The summed E-state index contributed by atoms with van der Waals surface area (Å²) < 4.78 is 27.5. The molecule has 1 amide bonds. The quantitative estimate of drug-likeness (QED) is 0.455. The van der Waals surface area contributed by atoms with E-state index in [1.165, 1.54) is 12.1 Å². The van der Waals surface area contributed by atoms with Crippen LogP contribution in [0.15, 0.2) is 94.9 Å². The van der Waals surface area contributed by atoms with E-state index < -0.39 is 15.9 Å². The first-order valence-corrected chi connectivity index (χ1v) is 11.1. The Morgan fingerprint density at radius 2 is 1.37 bits per heavy atom. The Hall–Kier alpha value is -3.29. The van der Waals surface area contributed by atoms with E-state index in [-0.39, 0.29) is 16.5 Å². The fraction of sp³-hybridized carbons (Fsp3) is 0.130. The van der Waals surface area contributed by atoms with Crippen molar-refractivity contribution >= 4 is 21.6 Å². The monoisotopic (exact) mass is 419 g/mol. The van der Waals surface area contributed by atoms with Gasteiger partial charge in [0.05, 0.1) is 10.6 Å². The molecular formula is C23H21N3O3S. The van der Waals surface area contributed by atoms with Crippen LogP contribution in [0.1, 0.15) is 34.3 Å². The highest BCUT2D eigenvalue weighted by molar-refractivity contribution is 7.89. The van der Waals surface area contributed by atoms with Gasteiger partial charge >= 0.3 is 0 Å². The van der Waals surface area contributed by atoms with Crippen LogP contribution < -0.4 is 10.1 Å². The number of nitrogens with zero attached hydrogens (tertiary/aromatic N) is 1. The van der Waals surface area contributed by atoms with Crippen molar-refractivity contribution in [2.24, 2.45) is 5.10 Å². The summed E-state index contributed by atoms with van der Waals surface area (Å²) in [6.45, 7) is 0. The lowest BCUT2D eigenvalue weighted by molar-refractivity contribution is 0.0954. The number of amides is 1. The second-order valence-corrected chi connectivity index (χ2v) is 8.77. The van der Waals surface area contributed by atoms with E-state index in [1.54, 1.807) is 12.1 Å². The van der Waals surface area contributed by atoms with Gasteiger partial charge in [0.2, 0.25) is 10.0 Å². The van der Waals surface area contributed by atoms with Crippen molar-refractivity contribution in [3.63, 3.8) is 0 Å². The highest BCUT2D eigenvalue weighted by Crippen LogP contribution is 2.22. The van der Waals surface area contributed by atoms with Crippen LogP contribution in [0.25, 0.3) is 0 Å². The van der Waals surface area contributed by atoms with E-state index in [0.717, 1.165) is 24.0 Å². The molecule has 0 spiro atoms. The van der Waals surface area contributed by atoms with E-state index >= 15 is 0 Å². The number of rotatable bonds is 7. The van der Waals surface area contributed by atoms with Crippen LogP contribution in [0.3, 0.4) is 0 Å². The molecule has 0 radical (unpaired) electrons. The Balaban J connectivity index is 1.59. The van der Waals surface area contributed by atoms with Crippen LogP contribution >= 0.6 is 0 Å². The Kier molecular flexibility index (Phi) is 5.74. The number of benzene rings is 3. The molecule has 2 N–H and O–H groups in total. The number of hydrogen-bond donors (Lipinski definition) is 2. The first-order valence-electron chi connectivity index (χ1n) is 9.64. The third-order valence-corrected chi connectivity index (χ3v) is 6.19. The lowest BCUT2D eigenvalue weighted by Crippen LogP contribution is -2.26. The molecule has 0 aliphatic heterocycles. The maximum Gasteiger partial charge on any atom is 0.271 e. The van der Waals surface area contributed by atoms with Crippen molar-refractivity contribution in [3.05, 3.63) is 102 Å². The van der Waals surface area contributed by atoms with E-state index in [4.69, 9.17) is 0 Å².